The van der Waals surface area contributed by atoms with E-state index in [1.165, 1.54) is 12.0 Å². The van der Waals surface area contributed by atoms with Crippen LogP contribution in [0, 0.1) is 20.8 Å². The molecule has 0 radical (unpaired) electrons. The number of anilines is 1. The molecule has 0 bridgehead atoms. The minimum absolute atomic E-state index is 0.0292. The van der Waals surface area contributed by atoms with Gasteiger partial charge in [0, 0.05) is 6.07 Å². The number of ether oxygens (including phenoxy) is 1. The second-order valence-corrected chi connectivity index (χ2v) is 8.09. The Morgan fingerprint density at radius 1 is 1.03 bits per heavy atom. The summed E-state index contributed by atoms with van der Waals surface area (Å²) < 4.78 is 16.0. The maximum absolute atomic E-state index is 13.7. The highest BCUT2D eigenvalue weighted by atomic mass is 16.5. The zero-order chi connectivity index (χ0) is 23.4. The number of amides is 1. The zero-order valence-corrected chi connectivity index (χ0v) is 18.5. The minimum atomic E-state index is -0.800. The predicted octanol–water partition coefficient (Wildman–Crippen LogP) is 4.24. The molecular weight excluding hydrogens is 424 g/mol. The van der Waals surface area contributed by atoms with E-state index in [-0.39, 0.29) is 22.6 Å². The number of esters is 1. The molecule has 0 saturated heterocycles. The predicted molar refractivity (Wildman–Crippen MR) is 120 cm³/mol. The van der Waals surface area contributed by atoms with Crippen LogP contribution < -0.4 is 10.3 Å². The average molecular weight is 444 g/mol. The molecule has 8 nitrogen and oxygen atoms in total. The number of hydrogen-bond acceptors (Lipinski definition) is 7. The molecule has 1 aliphatic heterocycles. The van der Waals surface area contributed by atoms with Crippen LogP contribution in [-0.4, -0.2) is 24.1 Å². The van der Waals surface area contributed by atoms with Gasteiger partial charge in [0.2, 0.25) is 5.76 Å². The van der Waals surface area contributed by atoms with Crippen LogP contribution >= 0.6 is 0 Å². The van der Waals surface area contributed by atoms with Crippen LogP contribution in [0.1, 0.15) is 55.0 Å². The van der Waals surface area contributed by atoms with Crippen molar-refractivity contribution in [2.45, 2.75) is 26.8 Å². The largest absolute Gasteiger partial charge is 0.465 e. The van der Waals surface area contributed by atoms with Gasteiger partial charge in [0.1, 0.15) is 11.3 Å². The molecule has 1 atom stereocenters. The summed E-state index contributed by atoms with van der Waals surface area (Å²) in [5, 5.41) is 4.41. The molecule has 8 heteroatoms. The third-order valence-corrected chi connectivity index (χ3v) is 6.00. The standard InChI is InChI=1S/C25H20N2O6/c1-12-9-17-18(10-13(12)2)32-23-20(22(17)28)21(15-5-7-16(8-6-15)25(30)31-4)27(24(23)29)19-11-14(3)33-26-19/h5-11,21H,1-4H3. The van der Waals surface area contributed by atoms with E-state index in [9.17, 15) is 14.4 Å². The summed E-state index contributed by atoms with van der Waals surface area (Å²) >= 11 is 0. The first-order chi connectivity index (χ1) is 15.8. The van der Waals surface area contributed by atoms with Crippen LogP contribution in [0.2, 0.25) is 0 Å². The fourth-order valence-electron chi connectivity index (χ4n) is 4.17. The molecule has 1 aliphatic rings. The van der Waals surface area contributed by atoms with E-state index < -0.39 is 17.9 Å². The molecular formula is C25H20N2O6. The molecule has 2 aromatic carbocycles. The third kappa shape index (κ3) is 3.14. The molecule has 166 valence electrons. The number of aromatic nitrogens is 1. The minimum Gasteiger partial charge on any atom is -0.465 e. The number of hydrogen-bond donors (Lipinski definition) is 0. The molecule has 33 heavy (non-hydrogen) atoms. The number of carbonyl (C=O) groups is 2. The number of rotatable bonds is 3. The Hall–Kier alpha value is -4.20. The van der Waals surface area contributed by atoms with Gasteiger partial charge in [0.15, 0.2) is 11.2 Å². The van der Waals surface area contributed by atoms with E-state index in [1.807, 2.05) is 13.8 Å². The highest BCUT2D eigenvalue weighted by Gasteiger charge is 2.45. The van der Waals surface area contributed by atoms with Crippen LogP contribution in [-0.2, 0) is 4.74 Å². The molecule has 1 unspecified atom stereocenters. The number of carbonyl (C=O) groups excluding carboxylic acids is 2. The Bertz CT molecular complexity index is 1500. The summed E-state index contributed by atoms with van der Waals surface area (Å²) in [5.74, 6) is -0.216. The Kier molecular flexibility index (Phi) is 4.67. The number of fused-ring (bicyclic) bond motifs is 2. The average Bonchev–Trinajstić information content (AvgIpc) is 3.36. The summed E-state index contributed by atoms with van der Waals surface area (Å²) in [6, 6.07) is 10.9. The number of methoxy groups -OCH3 is 1. The smallest absolute Gasteiger partial charge is 0.337 e. The molecule has 3 heterocycles. The SMILES string of the molecule is COC(=O)c1ccc(C2c3c(oc4cc(C)c(C)cc4c3=O)C(=O)N2c2cc(C)on2)cc1. The highest BCUT2D eigenvalue weighted by Crippen LogP contribution is 2.41. The lowest BCUT2D eigenvalue weighted by Gasteiger charge is -2.22. The van der Waals surface area contributed by atoms with Gasteiger partial charge in [-0.15, -0.1) is 0 Å². The van der Waals surface area contributed by atoms with Crippen molar-refractivity contribution in [1.82, 2.24) is 5.16 Å². The summed E-state index contributed by atoms with van der Waals surface area (Å²) in [6.45, 7) is 5.55. The first-order valence-corrected chi connectivity index (χ1v) is 10.3. The highest BCUT2D eigenvalue weighted by molar-refractivity contribution is 6.10. The molecule has 0 aliphatic carbocycles. The fraction of sp³-hybridized carbons (Fsp3) is 0.200. The lowest BCUT2D eigenvalue weighted by atomic mass is 9.96. The van der Waals surface area contributed by atoms with E-state index >= 15 is 0 Å². The van der Waals surface area contributed by atoms with Crippen molar-refractivity contribution in [3.63, 3.8) is 0 Å². The van der Waals surface area contributed by atoms with Gasteiger partial charge >= 0.3 is 5.97 Å². The first kappa shape index (κ1) is 20.7. The molecule has 4 aromatic rings. The van der Waals surface area contributed by atoms with Gasteiger partial charge in [-0.25, -0.2) is 4.79 Å². The molecule has 5 rings (SSSR count). The number of benzene rings is 2. The van der Waals surface area contributed by atoms with Gasteiger partial charge in [-0.05, 0) is 61.7 Å². The molecule has 0 saturated carbocycles. The first-order valence-electron chi connectivity index (χ1n) is 10.3. The number of aryl methyl sites for hydroxylation is 3. The Morgan fingerprint density at radius 2 is 1.73 bits per heavy atom. The van der Waals surface area contributed by atoms with Gasteiger partial charge in [0.05, 0.1) is 29.7 Å². The summed E-state index contributed by atoms with van der Waals surface area (Å²) in [6.07, 6.45) is 0. The maximum Gasteiger partial charge on any atom is 0.337 e. The molecule has 0 spiro atoms. The monoisotopic (exact) mass is 444 g/mol. The van der Waals surface area contributed by atoms with E-state index in [0.717, 1.165) is 11.1 Å². The third-order valence-electron chi connectivity index (χ3n) is 6.00. The van der Waals surface area contributed by atoms with E-state index in [4.69, 9.17) is 13.7 Å². The second-order valence-electron chi connectivity index (χ2n) is 8.09. The van der Waals surface area contributed by atoms with Crippen LogP contribution in [0.5, 0.6) is 0 Å². The quantitative estimate of drug-likeness (QED) is 0.435. The molecule has 0 fully saturated rings. The Morgan fingerprint density at radius 3 is 2.36 bits per heavy atom. The summed E-state index contributed by atoms with van der Waals surface area (Å²) in [5.41, 5.74) is 3.16. The second kappa shape index (κ2) is 7.44. The summed E-state index contributed by atoms with van der Waals surface area (Å²) in [7, 11) is 1.30. The molecule has 1 amide bonds. The van der Waals surface area contributed by atoms with Crippen molar-refractivity contribution in [1.29, 1.82) is 0 Å². The van der Waals surface area contributed by atoms with Gasteiger partial charge < -0.3 is 13.7 Å². The topological polar surface area (TPSA) is 103 Å². The van der Waals surface area contributed by atoms with E-state index in [1.54, 1.807) is 49.4 Å². The molecule has 0 N–H and O–H groups in total. The summed E-state index contributed by atoms with van der Waals surface area (Å²) in [4.78, 5) is 40.4. The van der Waals surface area contributed by atoms with Gasteiger partial charge in [0.25, 0.3) is 5.91 Å². The van der Waals surface area contributed by atoms with Gasteiger partial charge in [-0.2, -0.15) is 0 Å². The van der Waals surface area contributed by atoms with E-state index in [2.05, 4.69) is 5.16 Å². The fourth-order valence-corrected chi connectivity index (χ4v) is 4.17. The van der Waals surface area contributed by atoms with Crippen molar-refractivity contribution in [3.8, 4) is 0 Å². The van der Waals surface area contributed by atoms with Crippen molar-refractivity contribution in [2.75, 3.05) is 12.0 Å². The Balaban J connectivity index is 1.77. The van der Waals surface area contributed by atoms with Crippen molar-refractivity contribution in [3.05, 3.63) is 92.0 Å². The van der Waals surface area contributed by atoms with Gasteiger partial charge in [-0.1, -0.05) is 17.3 Å². The molecule has 2 aromatic heterocycles. The van der Waals surface area contributed by atoms with Crippen molar-refractivity contribution < 1.29 is 23.3 Å². The van der Waals surface area contributed by atoms with Crippen molar-refractivity contribution >= 4 is 28.7 Å². The van der Waals surface area contributed by atoms with Crippen LogP contribution in [0.4, 0.5) is 5.82 Å². The zero-order valence-electron chi connectivity index (χ0n) is 18.5. The maximum atomic E-state index is 13.7. The normalized spacial score (nSPS) is 15.2. The van der Waals surface area contributed by atoms with Crippen LogP contribution in [0.15, 0.2) is 56.2 Å². The van der Waals surface area contributed by atoms with E-state index in [0.29, 0.717) is 27.9 Å². The van der Waals surface area contributed by atoms with Crippen molar-refractivity contribution in [2.24, 2.45) is 0 Å². The van der Waals surface area contributed by atoms with Crippen LogP contribution in [0.3, 0.4) is 0 Å². The Labute approximate surface area is 188 Å². The van der Waals surface area contributed by atoms with Gasteiger partial charge in [-0.3, -0.25) is 14.5 Å². The lowest BCUT2D eigenvalue weighted by molar-refractivity contribution is 0.0600. The lowest BCUT2D eigenvalue weighted by Crippen LogP contribution is -2.29. The van der Waals surface area contributed by atoms with Crippen LogP contribution in [0.25, 0.3) is 11.0 Å². The number of nitrogens with zero attached hydrogens (tertiary/aromatic N) is 2.